The molecule has 2 N–H and O–H groups in total. The van der Waals surface area contributed by atoms with Gasteiger partial charge in [-0.2, -0.15) is 0 Å². The van der Waals surface area contributed by atoms with Crippen LogP contribution < -0.4 is 10.5 Å². The van der Waals surface area contributed by atoms with Crippen LogP contribution in [0.1, 0.15) is 42.9 Å². The summed E-state index contributed by atoms with van der Waals surface area (Å²) in [7, 11) is 1.77. The molecule has 1 saturated carbocycles. The predicted octanol–water partition coefficient (Wildman–Crippen LogP) is 2.56. The van der Waals surface area contributed by atoms with Gasteiger partial charge in [-0.05, 0) is 61.8 Å². The van der Waals surface area contributed by atoms with Gasteiger partial charge in [0.25, 0.3) is 0 Å². The fourth-order valence-corrected chi connectivity index (χ4v) is 3.44. The average Bonchev–Trinajstić information content (AvgIpc) is 2.99. The molecule has 1 fully saturated rings. The Morgan fingerprint density at radius 2 is 1.94 bits per heavy atom. The third kappa shape index (κ3) is 1.50. The number of hydrogen-bond acceptors (Lipinski definition) is 2. The molecule has 1 atom stereocenters. The first kappa shape index (κ1) is 11.1. The molecular formula is C15H21NO. The molecule has 1 unspecified atom stereocenters. The first-order valence-electron chi connectivity index (χ1n) is 6.64. The molecule has 17 heavy (non-hydrogen) atoms. The first-order valence-corrected chi connectivity index (χ1v) is 6.64. The maximum Gasteiger partial charge on any atom is 0.122 e. The van der Waals surface area contributed by atoms with E-state index >= 15 is 0 Å². The highest BCUT2D eigenvalue weighted by atomic mass is 16.5. The monoisotopic (exact) mass is 231 g/mol. The highest BCUT2D eigenvalue weighted by Crippen LogP contribution is 2.53. The number of nitrogens with two attached hydrogens (primary N) is 1. The van der Waals surface area contributed by atoms with Crippen LogP contribution in [-0.4, -0.2) is 13.2 Å². The molecule has 0 heterocycles. The number of rotatable bonds is 3. The molecule has 2 nitrogen and oxygen atoms in total. The van der Waals surface area contributed by atoms with E-state index in [0.717, 1.165) is 5.75 Å². The molecule has 2 aliphatic carbocycles. The Balaban J connectivity index is 2.11. The summed E-state index contributed by atoms with van der Waals surface area (Å²) in [6.45, 7) is 2.15. The van der Waals surface area contributed by atoms with Gasteiger partial charge in [0.2, 0.25) is 0 Å². The Labute approximate surface area is 103 Å². The van der Waals surface area contributed by atoms with Crippen LogP contribution in [0, 0.1) is 0 Å². The van der Waals surface area contributed by atoms with Crippen LogP contribution in [0.4, 0.5) is 0 Å². The van der Waals surface area contributed by atoms with E-state index in [1.165, 1.54) is 43.2 Å². The van der Waals surface area contributed by atoms with Crippen LogP contribution >= 0.6 is 0 Å². The van der Waals surface area contributed by atoms with Crippen molar-refractivity contribution in [3.8, 4) is 5.75 Å². The zero-order valence-corrected chi connectivity index (χ0v) is 10.8. The van der Waals surface area contributed by atoms with E-state index in [0.29, 0.717) is 0 Å². The van der Waals surface area contributed by atoms with Gasteiger partial charge in [-0.15, -0.1) is 0 Å². The normalized spacial score (nSPS) is 22.1. The summed E-state index contributed by atoms with van der Waals surface area (Å²) in [5, 5.41) is 0. The maximum atomic E-state index is 6.20. The van der Waals surface area contributed by atoms with E-state index < -0.39 is 0 Å². The second-order valence-electron chi connectivity index (χ2n) is 5.57. The highest BCUT2D eigenvalue weighted by molar-refractivity contribution is 5.52. The lowest BCUT2D eigenvalue weighted by Crippen LogP contribution is -2.32. The van der Waals surface area contributed by atoms with Crippen LogP contribution in [0.25, 0.3) is 0 Å². The minimum atomic E-state index is 0.264. The predicted molar refractivity (Wildman–Crippen MR) is 69.6 cm³/mol. The van der Waals surface area contributed by atoms with E-state index in [4.69, 9.17) is 10.5 Å². The number of benzene rings is 1. The molecule has 0 saturated heterocycles. The van der Waals surface area contributed by atoms with E-state index in [-0.39, 0.29) is 11.5 Å². The van der Waals surface area contributed by atoms with Gasteiger partial charge >= 0.3 is 0 Å². The van der Waals surface area contributed by atoms with E-state index in [1.807, 2.05) is 0 Å². The number of fused-ring (bicyclic) bond motifs is 1. The van der Waals surface area contributed by atoms with Gasteiger partial charge in [0, 0.05) is 11.5 Å². The lowest BCUT2D eigenvalue weighted by Gasteiger charge is -2.24. The molecule has 2 heteroatoms. The van der Waals surface area contributed by atoms with Crippen LogP contribution in [0.15, 0.2) is 12.1 Å². The van der Waals surface area contributed by atoms with Crippen molar-refractivity contribution < 1.29 is 4.74 Å². The van der Waals surface area contributed by atoms with Crippen molar-refractivity contribution in [2.75, 3.05) is 7.11 Å². The zero-order valence-electron chi connectivity index (χ0n) is 10.8. The second-order valence-corrected chi connectivity index (χ2v) is 5.57. The van der Waals surface area contributed by atoms with Crippen molar-refractivity contribution in [3.05, 3.63) is 28.8 Å². The van der Waals surface area contributed by atoms with Crippen LogP contribution in [0.5, 0.6) is 5.75 Å². The SMILES string of the molecule is COc1ccc(C2(C(C)N)CC2)c2c1CCC2. The van der Waals surface area contributed by atoms with Crippen LogP contribution in [0.3, 0.4) is 0 Å². The van der Waals surface area contributed by atoms with Gasteiger partial charge in [-0.25, -0.2) is 0 Å². The van der Waals surface area contributed by atoms with Crippen molar-refractivity contribution in [2.24, 2.45) is 5.73 Å². The fourth-order valence-electron chi connectivity index (χ4n) is 3.44. The lowest BCUT2D eigenvalue weighted by molar-refractivity contribution is 0.409. The number of methoxy groups -OCH3 is 1. The summed E-state index contributed by atoms with van der Waals surface area (Å²) in [4.78, 5) is 0. The van der Waals surface area contributed by atoms with Gasteiger partial charge in [-0.1, -0.05) is 6.07 Å². The van der Waals surface area contributed by atoms with E-state index in [1.54, 1.807) is 12.7 Å². The Morgan fingerprint density at radius 3 is 2.53 bits per heavy atom. The molecular weight excluding hydrogens is 210 g/mol. The fraction of sp³-hybridized carbons (Fsp3) is 0.600. The third-order valence-corrected chi connectivity index (χ3v) is 4.66. The summed E-state index contributed by atoms with van der Waals surface area (Å²) in [6, 6.07) is 4.67. The van der Waals surface area contributed by atoms with Crippen molar-refractivity contribution in [2.45, 2.75) is 50.5 Å². The van der Waals surface area contributed by atoms with Gasteiger partial charge < -0.3 is 10.5 Å². The van der Waals surface area contributed by atoms with Crippen molar-refractivity contribution in [1.82, 2.24) is 0 Å². The summed E-state index contributed by atoms with van der Waals surface area (Å²) >= 11 is 0. The molecule has 0 aliphatic heterocycles. The van der Waals surface area contributed by atoms with Crippen LogP contribution in [-0.2, 0) is 18.3 Å². The smallest absolute Gasteiger partial charge is 0.122 e. The molecule has 0 radical (unpaired) electrons. The van der Waals surface area contributed by atoms with Gasteiger partial charge in [0.1, 0.15) is 5.75 Å². The van der Waals surface area contributed by atoms with Gasteiger partial charge in [-0.3, -0.25) is 0 Å². The Bertz CT molecular complexity index is 446. The number of ether oxygens (including phenoxy) is 1. The van der Waals surface area contributed by atoms with E-state index in [2.05, 4.69) is 19.1 Å². The summed E-state index contributed by atoms with van der Waals surface area (Å²) < 4.78 is 5.47. The standard InChI is InChI=1S/C15H21NO/c1-10(16)15(8-9-15)13-6-7-14(17-2)12-5-3-4-11(12)13/h6-7,10H,3-5,8-9,16H2,1-2H3. The Morgan fingerprint density at radius 1 is 1.24 bits per heavy atom. The first-order chi connectivity index (χ1) is 8.19. The molecule has 1 aromatic carbocycles. The minimum absolute atomic E-state index is 0.264. The second kappa shape index (κ2) is 3.74. The Hall–Kier alpha value is -1.02. The van der Waals surface area contributed by atoms with Crippen LogP contribution in [0.2, 0.25) is 0 Å². The Kier molecular flexibility index (Phi) is 2.44. The summed E-state index contributed by atoms with van der Waals surface area (Å²) in [5.41, 5.74) is 11.0. The summed E-state index contributed by atoms with van der Waals surface area (Å²) in [6.07, 6.45) is 6.14. The van der Waals surface area contributed by atoms with Gasteiger partial charge in [0.15, 0.2) is 0 Å². The zero-order chi connectivity index (χ0) is 12.0. The minimum Gasteiger partial charge on any atom is -0.496 e. The lowest BCUT2D eigenvalue weighted by atomic mass is 9.84. The molecule has 2 aliphatic rings. The van der Waals surface area contributed by atoms with Crippen molar-refractivity contribution >= 4 is 0 Å². The van der Waals surface area contributed by atoms with Crippen molar-refractivity contribution in [3.63, 3.8) is 0 Å². The molecule has 0 amide bonds. The average molecular weight is 231 g/mol. The molecule has 0 aromatic heterocycles. The molecule has 3 rings (SSSR count). The highest BCUT2D eigenvalue weighted by Gasteiger charge is 2.49. The molecule has 0 bridgehead atoms. The molecule has 1 aromatic rings. The van der Waals surface area contributed by atoms with E-state index in [9.17, 15) is 0 Å². The quantitative estimate of drug-likeness (QED) is 0.867. The largest absolute Gasteiger partial charge is 0.496 e. The topological polar surface area (TPSA) is 35.2 Å². The van der Waals surface area contributed by atoms with Crippen molar-refractivity contribution in [1.29, 1.82) is 0 Å². The summed E-state index contributed by atoms with van der Waals surface area (Å²) in [5.74, 6) is 1.07. The molecule has 92 valence electrons. The number of hydrogen-bond donors (Lipinski definition) is 1. The maximum absolute atomic E-state index is 6.20. The van der Waals surface area contributed by atoms with Gasteiger partial charge in [0.05, 0.1) is 7.11 Å². The molecule has 0 spiro atoms. The third-order valence-electron chi connectivity index (χ3n) is 4.66.